The van der Waals surface area contributed by atoms with Gasteiger partial charge in [0.1, 0.15) is 17.3 Å². The Kier molecular flexibility index (Phi) is 10.1. The highest BCUT2D eigenvalue weighted by Gasteiger charge is 2.34. The fourth-order valence-corrected chi connectivity index (χ4v) is 5.88. The zero-order valence-electron chi connectivity index (χ0n) is 27.5. The fourth-order valence-electron chi connectivity index (χ4n) is 5.88. The molecule has 0 bridgehead atoms. The van der Waals surface area contributed by atoms with E-state index in [1.807, 2.05) is 78.2 Å². The second-order valence-corrected chi connectivity index (χ2v) is 13.0. The Labute approximate surface area is 271 Å². The molecular weight excluding hydrogens is 583 g/mol. The average Bonchev–Trinajstić information content (AvgIpc) is 3.00. The number of aromatic nitrogens is 1. The van der Waals surface area contributed by atoms with E-state index in [4.69, 9.17) is 19.2 Å². The van der Waals surface area contributed by atoms with Gasteiger partial charge in [-0.3, -0.25) is 4.98 Å². The van der Waals surface area contributed by atoms with E-state index in [9.17, 15) is 14.3 Å². The Bertz CT molecular complexity index is 1680. The number of pyridine rings is 1. The minimum absolute atomic E-state index is 0.259. The molecule has 46 heavy (non-hydrogen) atoms. The number of hydrogen-bond donors (Lipinski definition) is 1. The van der Waals surface area contributed by atoms with E-state index in [1.165, 1.54) is 12.1 Å². The fraction of sp³-hybridized carbons (Fsp3) is 0.368. The van der Waals surface area contributed by atoms with Crippen LogP contribution in [-0.2, 0) is 28.9 Å². The first-order chi connectivity index (χ1) is 21.9. The van der Waals surface area contributed by atoms with Crippen molar-refractivity contribution in [2.75, 3.05) is 27.3 Å². The highest BCUT2D eigenvalue weighted by molar-refractivity contribution is 5.91. The molecule has 8 heteroatoms. The van der Waals surface area contributed by atoms with E-state index in [0.29, 0.717) is 43.2 Å². The van der Waals surface area contributed by atoms with Gasteiger partial charge < -0.3 is 24.2 Å². The van der Waals surface area contributed by atoms with Gasteiger partial charge in [-0.15, -0.1) is 0 Å². The molecule has 1 aromatic heterocycles. The van der Waals surface area contributed by atoms with Crippen molar-refractivity contribution in [3.8, 4) is 33.8 Å². The van der Waals surface area contributed by atoms with Crippen LogP contribution in [0.4, 0.5) is 4.39 Å². The van der Waals surface area contributed by atoms with E-state index in [2.05, 4.69) is 11.0 Å². The van der Waals surface area contributed by atoms with Gasteiger partial charge in [0.25, 0.3) is 0 Å². The van der Waals surface area contributed by atoms with Crippen molar-refractivity contribution < 1.29 is 28.5 Å². The maximum Gasteiger partial charge on any atom is 0.337 e. The molecule has 3 aromatic carbocycles. The summed E-state index contributed by atoms with van der Waals surface area (Å²) < 4.78 is 31.5. The van der Waals surface area contributed by atoms with Gasteiger partial charge in [0.05, 0.1) is 24.5 Å². The first kappa shape index (κ1) is 33.1. The van der Waals surface area contributed by atoms with Crippen molar-refractivity contribution in [1.29, 1.82) is 0 Å². The average molecular weight is 627 g/mol. The summed E-state index contributed by atoms with van der Waals surface area (Å²) in [5.74, 6) is 0.233. The van der Waals surface area contributed by atoms with Crippen molar-refractivity contribution in [3.05, 3.63) is 101 Å². The highest BCUT2D eigenvalue weighted by atomic mass is 19.1. The summed E-state index contributed by atoms with van der Waals surface area (Å²) in [4.78, 5) is 20.0. The summed E-state index contributed by atoms with van der Waals surface area (Å²) in [5, 5.41) is 10.6. The third kappa shape index (κ3) is 7.92. The van der Waals surface area contributed by atoms with Gasteiger partial charge in [0, 0.05) is 29.8 Å². The minimum atomic E-state index is -1.24. The summed E-state index contributed by atoms with van der Waals surface area (Å²) in [6, 6.07) is 20.4. The molecule has 1 unspecified atom stereocenters. The van der Waals surface area contributed by atoms with Gasteiger partial charge in [-0.25, -0.2) is 9.18 Å². The van der Waals surface area contributed by atoms with Crippen LogP contribution in [0.1, 0.15) is 61.4 Å². The lowest BCUT2D eigenvalue weighted by Crippen LogP contribution is -2.29. The number of fused-ring (bicyclic) bond motifs is 1. The number of carboxylic acids is 1. The predicted octanol–water partition coefficient (Wildman–Crippen LogP) is 7.81. The number of benzene rings is 3. The Morgan fingerprint density at radius 1 is 1.02 bits per heavy atom. The van der Waals surface area contributed by atoms with Crippen molar-refractivity contribution in [1.82, 2.24) is 9.88 Å². The molecule has 1 N–H and O–H groups in total. The van der Waals surface area contributed by atoms with E-state index >= 15 is 0 Å². The number of aryl methyl sites for hydroxylation is 2. The van der Waals surface area contributed by atoms with Gasteiger partial charge in [-0.1, -0.05) is 30.3 Å². The van der Waals surface area contributed by atoms with Gasteiger partial charge in [0.15, 0.2) is 6.10 Å². The third-order valence-electron chi connectivity index (χ3n) is 7.84. The smallest absolute Gasteiger partial charge is 0.337 e. The third-order valence-corrected chi connectivity index (χ3v) is 7.84. The van der Waals surface area contributed by atoms with E-state index in [1.54, 1.807) is 12.1 Å². The molecule has 0 radical (unpaired) electrons. The standard InChI is InChI=1S/C38H43FN2O5/c1-24-33(36(37(42)43)46-38(2,3)4)35(28-13-18-32-27(22-28)8-7-20-45-32)34(31(40-24)23-41(5)6)26-11-16-30(17-12-26)44-21-19-25-9-14-29(39)15-10-25/h9-18,22,36H,7-8,19-21,23H2,1-6H3,(H,42,43). The molecule has 0 fully saturated rings. The Morgan fingerprint density at radius 3 is 2.37 bits per heavy atom. The summed E-state index contributed by atoms with van der Waals surface area (Å²) >= 11 is 0. The number of rotatable bonds is 11. The molecule has 242 valence electrons. The Morgan fingerprint density at radius 2 is 1.72 bits per heavy atom. The van der Waals surface area contributed by atoms with Crippen molar-refractivity contribution in [2.45, 2.75) is 65.2 Å². The molecule has 0 spiro atoms. The van der Waals surface area contributed by atoms with Crippen molar-refractivity contribution in [2.24, 2.45) is 0 Å². The normalized spacial score (nSPS) is 13.7. The lowest BCUT2D eigenvalue weighted by atomic mass is 9.85. The first-order valence-electron chi connectivity index (χ1n) is 15.7. The molecule has 2 heterocycles. The van der Waals surface area contributed by atoms with Crippen LogP contribution in [0.15, 0.2) is 66.7 Å². The van der Waals surface area contributed by atoms with Crippen LogP contribution >= 0.6 is 0 Å². The molecule has 0 saturated heterocycles. The lowest BCUT2D eigenvalue weighted by molar-refractivity contribution is -0.160. The van der Waals surface area contributed by atoms with Gasteiger partial charge >= 0.3 is 5.97 Å². The number of aliphatic carboxylic acids is 1. The minimum Gasteiger partial charge on any atom is -0.493 e. The van der Waals surface area contributed by atoms with Crippen molar-refractivity contribution in [3.63, 3.8) is 0 Å². The van der Waals surface area contributed by atoms with Crippen LogP contribution in [0, 0.1) is 12.7 Å². The molecule has 5 rings (SSSR count). The van der Waals surface area contributed by atoms with Gasteiger partial charge in [0.2, 0.25) is 0 Å². The molecule has 1 aliphatic heterocycles. The van der Waals surface area contributed by atoms with E-state index in [0.717, 1.165) is 57.7 Å². The van der Waals surface area contributed by atoms with E-state index in [-0.39, 0.29) is 5.82 Å². The number of halogens is 1. The van der Waals surface area contributed by atoms with Crippen LogP contribution in [0.5, 0.6) is 11.5 Å². The number of nitrogens with zero attached hydrogens (tertiary/aromatic N) is 2. The van der Waals surface area contributed by atoms with Crippen LogP contribution in [-0.4, -0.2) is 53.9 Å². The Balaban J connectivity index is 1.64. The van der Waals surface area contributed by atoms with Gasteiger partial charge in [-0.05, 0) is 119 Å². The maximum atomic E-state index is 13.3. The highest BCUT2D eigenvalue weighted by Crippen LogP contribution is 2.44. The molecule has 1 atom stereocenters. The maximum absolute atomic E-state index is 13.3. The zero-order valence-corrected chi connectivity index (χ0v) is 27.5. The molecule has 0 amide bonds. The number of carboxylic acid groups (broad SMARTS) is 1. The SMILES string of the molecule is Cc1nc(CN(C)C)c(-c2ccc(OCCc3ccc(F)cc3)cc2)c(-c2ccc3c(c2)CCCO3)c1C(OC(C)(C)C)C(=O)O. The number of carbonyl (C=O) groups is 1. The lowest BCUT2D eigenvalue weighted by Gasteiger charge is -2.30. The molecule has 0 aliphatic carbocycles. The monoisotopic (exact) mass is 626 g/mol. The quantitative estimate of drug-likeness (QED) is 0.182. The molecule has 4 aromatic rings. The first-order valence-corrected chi connectivity index (χ1v) is 15.7. The van der Waals surface area contributed by atoms with Crippen LogP contribution in [0.3, 0.4) is 0 Å². The Hall–Kier alpha value is -4.27. The zero-order chi connectivity index (χ0) is 33.0. The molecular formula is C38H43FN2O5. The predicted molar refractivity (Wildman–Crippen MR) is 178 cm³/mol. The second kappa shape index (κ2) is 14.0. The summed E-state index contributed by atoms with van der Waals surface area (Å²) in [6.45, 7) is 9.12. The summed E-state index contributed by atoms with van der Waals surface area (Å²) in [7, 11) is 3.98. The second-order valence-electron chi connectivity index (χ2n) is 13.0. The van der Waals surface area contributed by atoms with E-state index < -0.39 is 17.7 Å². The largest absolute Gasteiger partial charge is 0.493 e. The van der Waals surface area contributed by atoms with Crippen LogP contribution in [0.2, 0.25) is 0 Å². The topological polar surface area (TPSA) is 81.1 Å². The molecule has 1 aliphatic rings. The molecule has 0 saturated carbocycles. The summed E-state index contributed by atoms with van der Waals surface area (Å²) in [5.41, 5.74) is 6.79. The number of hydrogen-bond acceptors (Lipinski definition) is 6. The summed E-state index contributed by atoms with van der Waals surface area (Å²) in [6.07, 6.45) is 1.21. The van der Waals surface area contributed by atoms with Crippen LogP contribution in [0.25, 0.3) is 22.3 Å². The van der Waals surface area contributed by atoms with Crippen molar-refractivity contribution >= 4 is 5.97 Å². The van der Waals surface area contributed by atoms with Gasteiger partial charge in [-0.2, -0.15) is 0 Å². The number of ether oxygens (including phenoxy) is 3. The van der Waals surface area contributed by atoms with Crippen LogP contribution < -0.4 is 9.47 Å². The molecule has 7 nitrogen and oxygen atoms in total.